The third-order valence-electron chi connectivity index (χ3n) is 3.73. The number of anilines is 1. The second kappa shape index (κ2) is 5.72. The van der Waals surface area contributed by atoms with E-state index in [-0.39, 0.29) is 5.82 Å². The molecule has 0 saturated carbocycles. The van der Waals surface area contributed by atoms with Crippen LogP contribution < -0.4 is 10.5 Å². The van der Waals surface area contributed by atoms with Gasteiger partial charge in [0.1, 0.15) is 18.2 Å². The standard InChI is InChI=1S/C18H19FN2O/c1-12(2)21-10-13(16-4-3-5-17(20)18(16)21)11-22-15-8-6-14(19)7-9-15/h3-10,12H,11,20H2,1-2H3. The third kappa shape index (κ3) is 2.64. The van der Waals surface area contributed by atoms with Gasteiger partial charge in [0.25, 0.3) is 0 Å². The number of hydrogen-bond donors (Lipinski definition) is 1. The molecule has 0 spiro atoms. The quantitative estimate of drug-likeness (QED) is 0.719. The molecule has 1 aromatic heterocycles. The van der Waals surface area contributed by atoms with Crippen LogP contribution in [-0.2, 0) is 6.61 Å². The van der Waals surface area contributed by atoms with E-state index in [0.717, 1.165) is 22.2 Å². The summed E-state index contributed by atoms with van der Waals surface area (Å²) < 4.78 is 20.9. The van der Waals surface area contributed by atoms with Crippen molar-refractivity contribution in [3.63, 3.8) is 0 Å². The molecule has 2 aromatic carbocycles. The number of halogens is 1. The number of nitrogens with two attached hydrogens (primary N) is 1. The van der Waals surface area contributed by atoms with Gasteiger partial charge in [-0.25, -0.2) is 4.39 Å². The summed E-state index contributed by atoms with van der Waals surface area (Å²) in [5, 5.41) is 1.09. The van der Waals surface area contributed by atoms with E-state index < -0.39 is 0 Å². The summed E-state index contributed by atoms with van der Waals surface area (Å²) in [5.74, 6) is 0.382. The second-order valence-electron chi connectivity index (χ2n) is 5.64. The Morgan fingerprint density at radius 3 is 2.55 bits per heavy atom. The number of aromatic nitrogens is 1. The molecule has 0 saturated heterocycles. The van der Waals surface area contributed by atoms with Crippen LogP contribution in [0.2, 0.25) is 0 Å². The lowest BCUT2D eigenvalue weighted by molar-refractivity contribution is 0.306. The monoisotopic (exact) mass is 298 g/mol. The van der Waals surface area contributed by atoms with Gasteiger partial charge in [0.15, 0.2) is 0 Å². The fourth-order valence-corrected chi connectivity index (χ4v) is 2.62. The number of hydrogen-bond acceptors (Lipinski definition) is 2. The minimum Gasteiger partial charge on any atom is -0.489 e. The molecule has 0 radical (unpaired) electrons. The van der Waals surface area contributed by atoms with Crippen LogP contribution in [0.3, 0.4) is 0 Å². The predicted molar refractivity (Wildman–Crippen MR) is 87.5 cm³/mol. The number of nitrogen functional groups attached to an aromatic ring is 1. The first-order chi connectivity index (χ1) is 10.6. The van der Waals surface area contributed by atoms with Crippen LogP contribution in [0.5, 0.6) is 5.75 Å². The molecule has 0 aliphatic heterocycles. The van der Waals surface area contributed by atoms with Gasteiger partial charge < -0.3 is 15.0 Å². The SMILES string of the molecule is CC(C)n1cc(COc2ccc(F)cc2)c2cccc(N)c21. The van der Waals surface area contributed by atoms with Crippen LogP contribution in [0, 0.1) is 5.82 Å². The summed E-state index contributed by atoms with van der Waals surface area (Å²) in [6.45, 7) is 4.66. The van der Waals surface area contributed by atoms with Crippen LogP contribution in [0.1, 0.15) is 25.5 Å². The summed E-state index contributed by atoms with van der Waals surface area (Å²) in [7, 11) is 0. The number of ether oxygens (including phenoxy) is 1. The summed E-state index contributed by atoms with van der Waals surface area (Å²) in [6, 6.07) is 12.3. The highest BCUT2D eigenvalue weighted by Gasteiger charge is 2.13. The van der Waals surface area contributed by atoms with Gasteiger partial charge in [0.05, 0.1) is 11.2 Å². The van der Waals surface area contributed by atoms with Crippen molar-refractivity contribution >= 4 is 16.6 Å². The normalized spacial score (nSPS) is 11.3. The minimum absolute atomic E-state index is 0.267. The van der Waals surface area contributed by atoms with Crippen molar-refractivity contribution in [1.29, 1.82) is 0 Å². The molecule has 0 amide bonds. The molecular weight excluding hydrogens is 279 g/mol. The predicted octanol–water partition coefficient (Wildman–Crippen LogP) is 4.52. The second-order valence-corrected chi connectivity index (χ2v) is 5.64. The molecule has 114 valence electrons. The Balaban J connectivity index is 1.94. The Bertz CT molecular complexity index is 791. The molecule has 3 aromatic rings. The van der Waals surface area contributed by atoms with Gasteiger partial charge in [-0.1, -0.05) is 12.1 Å². The molecule has 0 atom stereocenters. The third-order valence-corrected chi connectivity index (χ3v) is 3.73. The van der Waals surface area contributed by atoms with Gasteiger partial charge in [-0.3, -0.25) is 0 Å². The summed E-state index contributed by atoms with van der Waals surface area (Å²) >= 11 is 0. The van der Waals surface area contributed by atoms with Gasteiger partial charge in [-0.05, 0) is 44.2 Å². The number of fused-ring (bicyclic) bond motifs is 1. The number of rotatable bonds is 4. The van der Waals surface area contributed by atoms with Crippen LogP contribution in [0.15, 0.2) is 48.7 Å². The first-order valence-electron chi connectivity index (χ1n) is 7.32. The summed E-state index contributed by atoms with van der Waals surface area (Å²) in [6.07, 6.45) is 2.08. The number of para-hydroxylation sites is 1. The maximum atomic E-state index is 12.9. The zero-order valence-corrected chi connectivity index (χ0v) is 12.7. The van der Waals surface area contributed by atoms with Gasteiger partial charge in [-0.15, -0.1) is 0 Å². The zero-order valence-electron chi connectivity index (χ0n) is 12.7. The highest BCUT2D eigenvalue weighted by Crippen LogP contribution is 2.30. The van der Waals surface area contributed by atoms with Gasteiger partial charge in [0.2, 0.25) is 0 Å². The van der Waals surface area contributed by atoms with E-state index in [2.05, 4.69) is 24.6 Å². The Kier molecular flexibility index (Phi) is 3.75. The molecule has 22 heavy (non-hydrogen) atoms. The summed E-state index contributed by atoms with van der Waals surface area (Å²) in [4.78, 5) is 0. The topological polar surface area (TPSA) is 40.2 Å². The Morgan fingerprint density at radius 2 is 1.86 bits per heavy atom. The molecular formula is C18H19FN2O. The first kappa shape index (κ1) is 14.4. The van der Waals surface area contributed by atoms with Crippen molar-refractivity contribution in [2.24, 2.45) is 0 Å². The smallest absolute Gasteiger partial charge is 0.123 e. The average Bonchev–Trinajstić information content (AvgIpc) is 2.87. The fourth-order valence-electron chi connectivity index (χ4n) is 2.62. The molecule has 3 rings (SSSR count). The molecule has 3 nitrogen and oxygen atoms in total. The van der Waals surface area contributed by atoms with E-state index in [4.69, 9.17) is 10.5 Å². The van der Waals surface area contributed by atoms with E-state index in [9.17, 15) is 4.39 Å². The average molecular weight is 298 g/mol. The van der Waals surface area contributed by atoms with Crippen LogP contribution in [0.25, 0.3) is 10.9 Å². The Hall–Kier alpha value is -2.49. The van der Waals surface area contributed by atoms with Gasteiger partial charge >= 0.3 is 0 Å². The zero-order chi connectivity index (χ0) is 15.7. The van der Waals surface area contributed by atoms with Crippen molar-refractivity contribution in [3.8, 4) is 5.75 Å². The van der Waals surface area contributed by atoms with E-state index in [1.165, 1.54) is 12.1 Å². The van der Waals surface area contributed by atoms with Crippen molar-refractivity contribution in [2.75, 3.05) is 5.73 Å². The molecule has 4 heteroatoms. The lowest BCUT2D eigenvalue weighted by Gasteiger charge is -2.10. The Morgan fingerprint density at radius 1 is 1.14 bits per heavy atom. The lowest BCUT2D eigenvalue weighted by Crippen LogP contribution is -2.00. The highest BCUT2D eigenvalue weighted by atomic mass is 19.1. The molecule has 0 aliphatic rings. The van der Waals surface area contributed by atoms with E-state index >= 15 is 0 Å². The van der Waals surface area contributed by atoms with Crippen LogP contribution in [0.4, 0.5) is 10.1 Å². The first-order valence-corrected chi connectivity index (χ1v) is 7.32. The lowest BCUT2D eigenvalue weighted by atomic mass is 10.1. The minimum atomic E-state index is -0.267. The maximum absolute atomic E-state index is 12.9. The van der Waals surface area contributed by atoms with E-state index in [0.29, 0.717) is 18.4 Å². The van der Waals surface area contributed by atoms with Gasteiger partial charge in [-0.2, -0.15) is 0 Å². The van der Waals surface area contributed by atoms with Gasteiger partial charge in [0, 0.05) is 23.2 Å². The molecule has 0 aliphatic carbocycles. The van der Waals surface area contributed by atoms with E-state index in [1.54, 1.807) is 12.1 Å². The number of benzene rings is 2. The molecule has 1 heterocycles. The van der Waals surface area contributed by atoms with Crippen LogP contribution in [-0.4, -0.2) is 4.57 Å². The molecule has 0 fully saturated rings. The molecule has 0 unspecified atom stereocenters. The van der Waals surface area contributed by atoms with Crippen molar-refractivity contribution in [3.05, 3.63) is 60.0 Å². The largest absolute Gasteiger partial charge is 0.489 e. The van der Waals surface area contributed by atoms with Crippen molar-refractivity contribution < 1.29 is 9.13 Å². The fraction of sp³-hybridized carbons (Fsp3) is 0.222. The molecule has 2 N–H and O–H groups in total. The summed E-state index contributed by atoms with van der Waals surface area (Å²) in [5.41, 5.74) is 9.00. The highest BCUT2D eigenvalue weighted by molar-refractivity contribution is 5.93. The van der Waals surface area contributed by atoms with E-state index in [1.807, 2.05) is 18.2 Å². The Labute approximate surface area is 129 Å². The van der Waals surface area contributed by atoms with Crippen LogP contribution >= 0.6 is 0 Å². The molecule has 0 bridgehead atoms. The maximum Gasteiger partial charge on any atom is 0.123 e. The van der Waals surface area contributed by atoms with Crippen molar-refractivity contribution in [2.45, 2.75) is 26.5 Å². The number of nitrogens with zero attached hydrogens (tertiary/aromatic N) is 1. The van der Waals surface area contributed by atoms with Crippen molar-refractivity contribution in [1.82, 2.24) is 4.57 Å².